The maximum Gasteiger partial charge on any atom is 0.246 e. The molecule has 0 aromatic heterocycles. The van der Waals surface area contributed by atoms with Gasteiger partial charge in [-0.1, -0.05) is 18.2 Å². The molecule has 1 aromatic carbocycles. The van der Waals surface area contributed by atoms with Crippen molar-refractivity contribution in [3.63, 3.8) is 0 Å². The van der Waals surface area contributed by atoms with Crippen LogP contribution in [0.3, 0.4) is 0 Å². The Morgan fingerprint density at radius 2 is 2.19 bits per heavy atom. The molecule has 1 aromatic rings. The minimum atomic E-state index is -0.278. The lowest BCUT2D eigenvalue weighted by Gasteiger charge is -2.21. The highest BCUT2D eigenvalue weighted by Gasteiger charge is 2.14. The minimum absolute atomic E-state index is 0.0531. The molecule has 1 amide bonds. The third kappa shape index (κ3) is 5.05. The van der Waals surface area contributed by atoms with Crippen LogP contribution in [-0.2, 0) is 22.4 Å². The first-order valence-corrected chi connectivity index (χ1v) is 7.71. The number of anilines is 1. The summed E-state index contributed by atoms with van der Waals surface area (Å²) in [6, 6.07) is 6.42. The third-order valence-electron chi connectivity index (χ3n) is 3.51. The molecule has 21 heavy (non-hydrogen) atoms. The van der Waals surface area contributed by atoms with Crippen LogP contribution in [-0.4, -0.2) is 31.2 Å². The van der Waals surface area contributed by atoms with Crippen LogP contribution in [0.2, 0.25) is 0 Å². The van der Waals surface area contributed by atoms with Gasteiger partial charge in [-0.2, -0.15) is 0 Å². The number of hydrogen-bond acceptors (Lipinski definition) is 3. The normalized spacial score (nSPS) is 14.2. The molecule has 4 nitrogen and oxygen atoms in total. The van der Waals surface area contributed by atoms with Gasteiger partial charge < -0.3 is 15.4 Å². The molecule has 1 heterocycles. The molecule has 4 heteroatoms. The lowest BCUT2D eigenvalue weighted by atomic mass is 9.98. The van der Waals surface area contributed by atoms with Crippen LogP contribution >= 0.6 is 0 Å². The van der Waals surface area contributed by atoms with E-state index >= 15 is 0 Å². The second kappa shape index (κ2) is 6.94. The Labute approximate surface area is 127 Å². The predicted molar refractivity (Wildman–Crippen MR) is 85.7 cm³/mol. The van der Waals surface area contributed by atoms with Crippen molar-refractivity contribution in [2.24, 2.45) is 0 Å². The highest BCUT2D eigenvalue weighted by molar-refractivity contribution is 5.77. The summed E-state index contributed by atoms with van der Waals surface area (Å²) in [5.41, 5.74) is 3.66. The van der Waals surface area contributed by atoms with E-state index in [0.717, 1.165) is 19.4 Å². The van der Waals surface area contributed by atoms with Gasteiger partial charge in [0.05, 0.1) is 5.60 Å². The largest absolute Gasteiger partial charge is 0.385 e. The molecule has 0 bridgehead atoms. The Bertz CT molecular complexity index is 492. The average molecular weight is 290 g/mol. The summed E-state index contributed by atoms with van der Waals surface area (Å²) in [7, 11) is 0. The van der Waals surface area contributed by atoms with Gasteiger partial charge in [-0.3, -0.25) is 4.79 Å². The number of ether oxygens (including phenoxy) is 1. The number of carbonyl (C=O) groups is 1. The number of nitrogens with one attached hydrogen (secondary N) is 2. The number of carbonyl (C=O) groups excluding carboxylic acids is 1. The Balaban J connectivity index is 1.80. The highest BCUT2D eigenvalue weighted by Crippen LogP contribution is 2.26. The van der Waals surface area contributed by atoms with Gasteiger partial charge in [0.1, 0.15) is 6.61 Å². The van der Waals surface area contributed by atoms with Crippen molar-refractivity contribution in [1.82, 2.24) is 5.32 Å². The van der Waals surface area contributed by atoms with Gasteiger partial charge in [0.2, 0.25) is 5.91 Å². The van der Waals surface area contributed by atoms with E-state index in [-0.39, 0.29) is 18.1 Å². The molecule has 1 aliphatic heterocycles. The third-order valence-corrected chi connectivity index (χ3v) is 3.51. The second-order valence-electron chi connectivity index (χ2n) is 6.48. The Morgan fingerprint density at radius 1 is 1.38 bits per heavy atom. The second-order valence-corrected chi connectivity index (χ2v) is 6.48. The number of benzene rings is 1. The van der Waals surface area contributed by atoms with Gasteiger partial charge >= 0.3 is 0 Å². The van der Waals surface area contributed by atoms with E-state index in [1.807, 2.05) is 20.8 Å². The SMILES string of the molecule is CC(C)(C)OCC(=O)NCCc1cccc2c1NCCC2. The molecule has 0 fully saturated rings. The summed E-state index contributed by atoms with van der Waals surface area (Å²) in [5.74, 6) is -0.0531. The summed E-state index contributed by atoms with van der Waals surface area (Å²) < 4.78 is 5.46. The van der Waals surface area contributed by atoms with Crippen molar-refractivity contribution >= 4 is 11.6 Å². The number of para-hydroxylation sites is 1. The zero-order valence-electron chi connectivity index (χ0n) is 13.3. The zero-order valence-corrected chi connectivity index (χ0v) is 13.3. The van der Waals surface area contributed by atoms with Gasteiger partial charge in [-0.25, -0.2) is 0 Å². The highest BCUT2D eigenvalue weighted by atomic mass is 16.5. The summed E-state index contributed by atoms with van der Waals surface area (Å²) in [5, 5.41) is 6.40. The standard InChI is InChI=1S/C17H26N2O2/c1-17(2,3)21-12-15(20)18-11-9-14-7-4-6-13-8-5-10-19-16(13)14/h4,6-7,19H,5,8-12H2,1-3H3,(H,18,20). The molecular weight excluding hydrogens is 264 g/mol. The first kappa shape index (κ1) is 15.8. The van der Waals surface area contributed by atoms with Crippen molar-refractivity contribution in [2.75, 3.05) is 25.0 Å². The number of hydrogen-bond donors (Lipinski definition) is 2. The van der Waals surface area contributed by atoms with Crippen molar-refractivity contribution in [3.8, 4) is 0 Å². The van der Waals surface area contributed by atoms with Crippen LogP contribution in [0, 0.1) is 0 Å². The fourth-order valence-electron chi connectivity index (χ4n) is 2.46. The molecule has 116 valence electrons. The molecule has 0 atom stereocenters. The predicted octanol–water partition coefficient (Wildman–Crippen LogP) is 2.52. The van der Waals surface area contributed by atoms with Gasteiger partial charge in [0, 0.05) is 18.8 Å². The molecule has 0 aliphatic carbocycles. The fraction of sp³-hybridized carbons (Fsp3) is 0.588. The van der Waals surface area contributed by atoms with Crippen molar-refractivity contribution < 1.29 is 9.53 Å². The summed E-state index contributed by atoms with van der Waals surface area (Å²) >= 11 is 0. The van der Waals surface area contributed by atoms with E-state index in [1.54, 1.807) is 0 Å². The van der Waals surface area contributed by atoms with Gasteiger partial charge in [0.25, 0.3) is 0 Å². The minimum Gasteiger partial charge on any atom is -0.385 e. The number of fused-ring (bicyclic) bond motifs is 1. The molecule has 1 aliphatic rings. The lowest BCUT2D eigenvalue weighted by Crippen LogP contribution is -2.33. The van der Waals surface area contributed by atoms with Gasteiger partial charge in [0.15, 0.2) is 0 Å². The maximum atomic E-state index is 11.7. The molecule has 0 saturated heterocycles. The number of rotatable bonds is 5. The van der Waals surface area contributed by atoms with Crippen molar-refractivity contribution in [1.29, 1.82) is 0 Å². The quantitative estimate of drug-likeness (QED) is 0.876. The molecule has 0 unspecified atom stereocenters. The molecule has 2 rings (SSSR count). The van der Waals surface area contributed by atoms with Crippen molar-refractivity contribution in [2.45, 2.75) is 45.6 Å². The topological polar surface area (TPSA) is 50.4 Å². The lowest BCUT2D eigenvalue weighted by molar-refractivity contribution is -0.130. The van der Waals surface area contributed by atoms with E-state index in [1.165, 1.54) is 23.2 Å². The van der Waals surface area contributed by atoms with Gasteiger partial charge in [-0.05, 0) is 51.2 Å². The van der Waals surface area contributed by atoms with Gasteiger partial charge in [-0.15, -0.1) is 0 Å². The van der Waals surface area contributed by atoms with Crippen LogP contribution in [0.25, 0.3) is 0 Å². The molecule has 0 radical (unpaired) electrons. The summed E-state index contributed by atoms with van der Waals surface area (Å²) in [6.07, 6.45) is 3.18. The molecule has 2 N–H and O–H groups in total. The van der Waals surface area contributed by atoms with E-state index in [4.69, 9.17) is 4.74 Å². The van der Waals surface area contributed by atoms with E-state index in [2.05, 4.69) is 28.8 Å². The molecular formula is C17H26N2O2. The van der Waals surface area contributed by atoms with Crippen LogP contribution < -0.4 is 10.6 Å². The van der Waals surface area contributed by atoms with Crippen LogP contribution in [0.4, 0.5) is 5.69 Å². The van der Waals surface area contributed by atoms with E-state index < -0.39 is 0 Å². The van der Waals surface area contributed by atoms with Crippen LogP contribution in [0.5, 0.6) is 0 Å². The van der Waals surface area contributed by atoms with Crippen LogP contribution in [0.1, 0.15) is 38.3 Å². The Hall–Kier alpha value is -1.55. The number of amides is 1. The fourth-order valence-corrected chi connectivity index (χ4v) is 2.46. The summed E-state index contributed by atoms with van der Waals surface area (Å²) in [4.78, 5) is 11.7. The van der Waals surface area contributed by atoms with E-state index in [9.17, 15) is 4.79 Å². The molecule has 0 spiro atoms. The summed E-state index contributed by atoms with van der Waals surface area (Å²) in [6.45, 7) is 7.64. The average Bonchev–Trinajstić information content (AvgIpc) is 2.45. The Kier molecular flexibility index (Phi) is 5.23. The number of aryl methyl sites for hydroxylation is 1. The first-order valence-electron chi connectivity index (χ1n) is 7.71. The van der Waals surface area contributed by atoms with Crippen LogP contribution in [0.15, 0.2) is 18.2 Å². The first-order chi connectivity index (χ1) is 9.96. The monoisotopic (exact) mass is 290 g/mol. The molecule has 0 saturated carbocycles. The zero-order chi connectivity index (χ0) is 15.3. The smallest absolute Gasteiger partial charge is 0.246 e. The Morgan fingerprint density at radius 3 is 2.95 bits per heavy atom. The van der Waals surface area contributed by atoms with E-state index in [0.29, 0.717) is 6.54 Å². The maximum absolute atomic E-state index is 11.7. The van der Waals surface area contributed by atoms with Crippen molar-refractivity contribution in [3.05, 3.63) is 29.3 Å².